The molecule has 14 atom stereocenters. The van der Waals surface area contributed by atoms with Crippen molar-refractivity contribution >= 4 is 29.4 Å². The number of hydrogen-bond acceptors (Lipinski definition) is 10. The van der Waals surface area contributed by atoms with Gasteiger partial charge in [-0.1, -0.05) is 31.9 Å². The lowest BCUT2D eigenvalue weighted by Crippen LogP contribution is -2.62. The highest BCUT2D eigenvalue weighted by Crippen LogP contribution is 2.68. The van der Waals surface area contributed by atoms with Gasteiger partial charge in [0.2, 0.25) is 0 Å². The third kappa shape index (κ3) is 5.24. The number of hydrogen-bond donors (Lipinski definition) is 5. The molecular weight excluding hydrogens is 664 g/mol. The zero-order valence-corrected chi connectivity index (χ0v) is 31.0. The van der Waals surface area contributed by atoms with Crippen molar-refractivity contribution in [1.82, 2.24) is 0 Å². The second-order valence-corrected chi connectivity index (χ2v) is 18.7. The Morgan fingerprint density at radius 2 is 1.27 bits per heavy atom. The van der Waals surface area contributed by atoms with Crippen molar-refractivity contribution in [1.29, 1.82) is 0 Å². The number of rotatable bonds is 5. The molecule has 0 aliphatic heterocycles. The van der Waals surface area contributed by atoms with Crippen LogP contribution in [0.4, 0.5) is 0 Å². The summed E-state index contributed by atoms with van der Waals surface area (Å²) in [5, 5.41) is 52.2. The van der Waals surface area contributed by atoms with Crippen LogP contribution in [0.1, 0.15) is 111 Å². The molecule has 0 aromatic rings. The van der Waals surface area contributed by atoms with E-state index in [1.54, 1.807) is 12.2 Å². The molecule has 0 radical (unpaired) electrons. The van der Waals surface area contributed by atoms with Crippen LogP contribution in [0.15, 0.2) is 23.3 Å². The maximum Gasteiger partial charge on any atom is 0.190 e. The topological polar surface area (TPSA) is 186 Å². The number of aliphatic hydroxyl groups excluding tert-OH is 4. The van der Waals surface area contributed by atoms with Crippen LogP contribution >= 0.6 is 0 Å². The first-order valence-electron chi connectivity index (χ1n) is 19.8. The average Bonchev–Trinajstić information content (AvgIpc) is 3.63. The molecule has 52 heavy (non-hydrogen) atoms. The van der Waals surface area contributed by atoms with Gasteiger partial charge in [0, 0.05) is 29.6 Å². The number of allylic oxidation sites excluding steroid dienone is 2. The van der Waals surface area contributed by atoms with Gasteiger partial charge in [0.05, 0.1) is 12.2 Å². The van der Waals surface area contributed by atoms with Crippen molar-refractivity contribution < 1.29 is 49.5 Å². The van der Waals surface area contributed by atoms with Gasteiger partial charge >= 0.3 is 0 Å². The minimum Gasteiger partial charge on any atom is -0.393 e. The minimum atomic E-state index is -1.54. The Morgan fingerprint density at radius 1 is 0.731 bits per heavy atom. The number of carbonyl (C=O) groups is 5. The van der Waals surface area contributed by atoms with E-state index >= 15 is 0 Å². The van der Waals surface area contributed by atoms with Crippen molar-refractivity contribution in [2.45, 2.75) is 128 Å². The molecule has 0 amide bonds. The Balaban J connectivity index is 0.000000162. The van der Waals surface area contributed by atoms with E-state index in [1.165, 1.54) is 5.57 Å². The van der Waals surface area contributed by atoms with Gasteiger partial charge < -0.3 is 30.3 Å². The molecule has 10 nitrogen and oxygen atoms in total. The summed E-state index contributed by atoms with van der Waals surface area (Å²) in [5.41, 5.74) is -1.09. The van der Waals surface area contributed by atoms with Crippen LogP contribution in [-0.2, 0) is 24.0 Å². The molecule has 0 saturated heterocycles. The van der Waals surface area contributed by atoms with E-state index in [0.717, 1.165) is 63.2 Å². The second-order valence-electron chi connectivity index (χ2n) is 18.7. The first-order chi connectivity index (χ1) is 24.5. The summed E-state index contributed by atoms with van der Waals surface area (Å²) < 4.78 is 0. The predicted octanol–water partition coefficient (Wildman–Crippen LogP) is 3.63. The van der Waals surface area contributed by atoms with Crippen molar-refractivity contribution in [2.75, 3.05) is 13.2 Å². The van der Waals surface area contributed by atoms with Crippen LogP contribution in [0.5, 0.6) is 0 Å². The summed E-state index contributed by atoms with van der Waals surface area (Å²) in [7, 11) is 0. The summed E-state index contributed by atoms with van der Waals surface area (Å²) in [6.45, 7) is 5.09. The van der Waals surface area contributed by atoms with Crippen LogP contribution < -0.4 is 0 Å². The van der Waals surface area contributed by atoms with Crippen LogP contribution in [0, 0.1) is 63.1 Å². The standard InChI is InChI=1S/C21H30O5.C21H28O5/c1-19-7-5-13(23)9-12(19)3-4-14-15-6-8-21(26,17(25)11-22)20(15,2)10-16(24)18(14)19;1-20-7-6-13(24)8-12(20)2-3-14-15-4-5-16(18(26)10-22)21(15,11-23)9-17(25)19(14)20/h9,14-16,18,22,24,26H,3-8,10-11H2,1-2H3;8,11,14-17,19,22,25H,2-7,9-10H2,1H3/t14-,15-,16-,18+,19-,20-,21-;14-,15-,16+,17-,19+,20-,21+/m00/s1. The van der Waals surface area contributed by atoms with Gasteiger partial charge in [0.15, 0.2) is 23.1 Å². The van der Waals surface area contributed by atoms with Crippen molar-refractivity contribution in [2.24, 2.45) is 63.1 Å². The van der Waals surface area contributed by atoms with Crippen LogP contribution in [0.2, 0.25) is 0 Å². The quantitative estimate of drug-likeness (QED) is 0.263. The Hall–Kier alpha value is -2.37. The molecular formula is C42H58O10. The maximum atomic E-state index is 12.4. The van der Waals surface area contributed by atoms with Gasteiger partial charge in [0.25, 0.3) is 0 Å². The molecule has 6 saturated carbocycles. The van der Waals surface area contributed by atoms with Crippen molar-refractivity contribution in [3.8, 4) is 0 Å². The van der Waals surface area contributed by atoms with Gasteiger partial charge in [-0.15, -0.1) is 0 Å². The van der Waals surface area contributed by atoms with E-state index in [0.29, 0.717) is 38.5 Å². The van der Waals surface area contributed by atoms with Gasteiger partial charge in [-0.2, -0.15) is 0 Å². The molecule has 0 aromatic heterocycles. The lowest BCUT2D eigenvalue weighted by Gasteiger charge is -2.60. The number of carbonyl (C=O) groups excluding carboxylic acids is 5. The van der Waals surface area contributed by atoms with E-state index in [-0.39, 0.29) is 63.7 Å². The first kappa shape index (κ1) is 37.9. The molecule has 0 aromatic carbocycles. The predicted molar refractivity (Wildman–Crippen MR) is 189 cm³/mol. The monoisotopic (exact) mass is 722 g/mol. The molecule has 0 heterocycles. The molecule has 8 rings (SSSR count). The minimum absolute atomic E-state index is 0.0386. The number of fused-ring (bicyclic) bond motifs is 10. The zero-order valence-electron chi connectivity index (χ0n) is 31.0. The lowest BCUT2D eigenvalue weighted by molar-refractivity contribution is -0.182. The second kappa shape index (κ2) is 13.1. The number of aliphatic hydroxyl groups is 5. The fraction of sp³-hybridized carbons (Fsp3) is 0.786. The fourth-order valence-corrected chi connectivity index (χ4v) is 14.5. The third-order valence-corrected chi connectivity index (χ3v) is 16.9. The highest BCUT2D eigenvalue weighted by molar-refractivity contribution is 5.92. The molecule has 0 bridgehead atoms. The normalized spacial score (nSPS) is 49.0. The van der Waals surface area contributed by atoms with Crippen molar-refractivity contribution in [3.63, 3.8) is 0 Å². The number of ketones is 4. The van der Waals surface area contributed by atoms with Gasteiger partial charge in [-0.3, -0.25) is 19.2 Å². The fourth-order valence-electron chi connectivity index (χ4n) is 14.5. The third-order valence-electron chi connectivity index (χ3n) is 16.9. The first-order valence-corrected chi connectivity index (χ1v) is 19.8. The van der Waals surface area contributed by atoms with Crippen LogP contribution in [0.25, 0.3) is 0 Å². The van der Waals surface area contributed by atoms with E-state index < -0.39 is 53.6 Å². The molecule has 8 aliphatic rings. The number of aldehydes is 1. The lowest BCUT2D eigenvalue weighted by atomic mass is 9.45. The smallest absolute Gasteiger partial charge is 0.190 e. The molecule has 5 N–H and O–H groups in total. The van der Waals surface area contributed by atoms with Gasteiger partial charge in [-0.25, -0.2) is 0 Å². The Labute approximate surface area is 306 Å². The summed E-state index contributed by atoms with van der Waals surface area (Å²) in [6, 6.07) is 0. The van der Waals surface area contributed by atoms with E-state index in [2.05, 4.69) is 13.8 Å². The van der Waals surface area contributed by atoms with Crippen molar-refractivity contribution in [3.05, 3.63) is 23.3 Å². The van der Waals surface area contributed by atoms with Gasteiger partial charge in [0.1, 0.15) is 25.1 Å². The molecule has 10 heteroatoms. The van der Waals surface area contributed by atoms with Crippen LogP contribution in [-0.4, -0.2) is 86.0 Å². The molecule has 6 fully saturated rings. The summed E-state index contributed by atoms with van der Waals surface area (Å²) in [6.07, 6.45) is 12.5. The van der Waals surface area contributed by atoms with E-state index in [9.17, 15) is 49.5 Å². The summed E-state index contributed by atoms with van der Waals surface area (Å²) in [5.74, 6) is -0.101. The van der Waals surface area contributed by atoms with E-state index in [1.807, 2.05) is 6.92 Å². The largest absolute Gasteiger partial charge is 0.393 e. The Kier molecular flexibility index (Phi) is 9.58. The summed E-state index contributed by atoms with van der Waals surface area (Å²) in [4.78, 5) is 60.7. The SMILES string of the molecule is C[C@]12CCC(=O)C=C1CC[C@@H]1[C@@H]2[C@@H](O)C[C@@]2(C)[C@H]1CC[C@]2(O)C(=O)CO.C[C@]12CCC(=O)C=C1CC[C@@H]1[C@@H]2[C@@H](O)C[C@]2(C=O)[C@@H](C(=O)CO)CC[C@@H]12. The highest BCUT2D eigenvalue weighted by atomic mass is 16.3. The number of Topliss-reactive ketones (excluding diaryl/α,β-unsaturated/α-hetero) is 2. The Morgan fingerprint density at radius 3 is 1.79 bits per heavy atom. The molecule has 0 spiro atoms. The summed E-state index contributed by atoms with van der Waals surface area (Å²) >= 11 is 0. The zero-order chi connectivity index (χ0) is 37.6. The molecule has 286 valence electrons. The van der Waals surface area contributed by atoms with E-state index in [4.69, 9.17) is 0 Å². The van der Waals surface area contributed by atoms with Crippen LogP contribution in [0.3, 0.4) is 0 Å². The molecule has 0 unspecified atom stereocenters. The average molecular weight is 723 g/mol. The Bertz CT molecular complexity index is 1600. The maximum absolute atomic E-state index is 12.4. The van der Waals surface area contributed by atoms with Gasteiger partial charge in [-0.05, 0) is 136 Å². The molecule has 8 aliphatic carbocycles. The highest BCUT2D eigenvalue weighted by Gasteiger charge is 2.68.